The van der Waals surface area contributed by atoms with E-state index in [0.717, 1.165) is 13.1 Å². The molecular weight excluding hydrogens is 280 g/mol. The number of hydrogen-bond donors (Lipinski definition) is 2. The van der Waals surface area contributed by atoms with Crippen LogP contribution in [0.1, 0.15) is 103 Å². The third-order valence-electron chi connectivity index (χ3n) is 4.79. The lowest BCUT2D eigenvalue weighted by Gasteiger charge is -2.10. The summed E-state index contributed by atoms with van der Waals surface area (Å²) in [5.41, 5.74) is 11.3. The summed E-state index contributed by atoms with van der Waals surface area (Å²) in [6.45, 7) is 3.78. The molecule has 0 atom stereocenters. The van der Waals surface area contributed by atoms with Gasteiger partial charge in [-0.15, -0.1) is 0 Å². The molecular formula is C21H44N2. The summed E-state index contributed by atoms with van der Waals surface area (Å²) in [4.78, 5) is 0. The quantitative estimate of drug-likeness (QED) is 0.242. The van der Waals surface area contributed by atoms with Gasteiger partial charge in [-0.1, -0.05) is 83.3 Å². The van der Waals surface area contributed by atoms with Crippen molar-refractivity contribution >= 4 is 0 Å². The molecule has 0 heterocycles. The minimum absolute atomic E-state index is 0.548. The molecule has 4 N–H and O–H groups in total. The van der Waals surface area contributed by atoms with Crippen LogP contribution in [0, 0.1) is 5.92 Å². The molecule has 0 aliphatic heterocycles. The Morgan fingerprint density at radius 2 is 1.04 bits per heavy atom. The van der Waals surface area contributed by atoms with Crippen LogP contribution in [0.5, 0.6) is 0 Å². The van der Waals surface area contributed by atoms with E-state index in [-0.39, 0.29) is 0 Å². The molecule has 0 aliphatic rings. The second-order valence-electron chi connectivity index (χ2n) is 7.06. The van der Waals surface area contributed by atoms with Gasteiger partial charge in [-0.25, -0.2) is 0 Å². The highest BCUT2D eigenvalue weighted by atomic mass is 14.6. The van der Waals surface area contributed by atoms with Crippen LogP contribution in [-0.2, 0) is 0 Å². The van der Waals surface area contributed by atoms with Crippen LogP contribution in [0.2, 0.25) is 0 Å². The van der Waals surface area contributed by atoms with Gasteiger partial charge in [0, 0.05) is 0 Å². The van der Waals surface area contributed by atoms with E-state index in [9.17, 15) is 0 Å². The maximum absolute atomic E-state index is 5.66. The van der Waals surface area contributed by atoms with E-state index in [1.165, 1.54) is 96.3 Å². The Bertz CT molecular complexity index is 234. The molecule has 0 aromatic rings. The van der Waals surface area contributed by atoms with Crippen LogP contribution in [0.25, 0.3) is 0 Å². The van der Waals surface area contributed by atoms with Gasteiger partial charge in [0.2, 0.25) is 0 Å². The Labute approximate surface area is 146 Å². The smallest absolute Gasteiger partial charge is 0.00368 e. The molecule has 0 saturated carbocycles. The summed E-state index contributed by atoms with van der Waals surface area (Å²) >= 11 is 0. The van der Waals surface area contributed by atoms with E-state index in [0.29, 0.717) is 5.92 Å². The molecule has 2 nitrogen and oxygen atoms in total. The molecule has 0 radical (unpaired) electrons. The lowest BCUT2D eigenvalue weighted by Crippen LogP contribution is -2.22. The second-order valence-corrected chi connectivity index (χ2v) is 7.06. The molecule has 0 aromatic carbocycles. The van der Waals surface area contributed by atoms with Crippen LogP contribution in [0.4, 0.5) is 0 Å². The lowest BCUT2D eigenvalue weighted by atomic mass is 10.0. The average Bonchev–Trinajstić information content (AvgIpc) is 2.58. The van der Waals surface area contributed by atoms with Gasteiger partial charge in [-0.05, 0) is 51.1 Å². The minimum Gasteiger partial charge on any atom is -0.330 e. The first kappa shape index (κ1) is 22.7. The predicted octanol–water partition coefficient (Wildman–Crippen LogP) is 5.95. The zero-order valence-corrected chi connectivity index (χ0v) is 15.9. The van der Waals surface area contributed by atoms with E-state index in [2.05, 4.69) is 19.1 Å². The van der Waals surface area contributed by atoms with E-state index >= 15 is 0 Å². The molecule has 0 fully saturated rings. The van der Waals surface area contributed by atoms with Crippen molar-refractivity contribution in [2.24, 2.45) is 17.4 Å². The predicted molar refractivity (Wildman–Crippen MR) is 106 cm³/mol. The van der Waals surface area contributed by atoms with Gasteiger partial charge in [0.1, 0.15) is 0 Å². The summed E-state index contributed by atoms with van der Waals surface area (Å²) < 4.78 is 0. The number of unbranched alkanes of at least 4 members (excludes halogenated alkanes) is 12. The van der Waals surface area contributed by atoms with Gasteiger partial charge >= 0.3 is 0 Å². The maximum atomic E-state index is 5.66. The fraction of sp³-hybridized carbons (Fsp3) is 0.905. The largest absolute Gasteiger partial charge is 0.330 e. The van der Waals surface area contributed by atoms with Crippen LogP contribution in [0.3, 0.4) is 0 Å². The topological polar surface area (TPSA) is 52.0 Å². The summed E-state index contributed by atoms with van der Waals surface area (Å²) in [5, 5.41) is 0. The Morgan fingerprint density at radius 1 is 0.609 bits per heavy atom. The lowest BCUT2D eigenvalue weighted by molar-refractivity contribution is 0.466. The number of nitrogens with two attached hydrogens (primary N) is 2. The molecule has 0 unspecified atom stereocenters. The second kappa shape index (κ2) is 19.7. The highest BCUT2D eigenvalue weighted by Crippen LogP contribution is 2.12. The highest BCUT2D eigenvalue weighted by Gasteiger charge is 2.02. The Kier molecular flexibility index (Phi) is 19.4. The van der Waals surface area contributed by atoms with Gasteiger partial charge < -0.3 is 11.5 Å². The highest BCUT2D eigenvalue weighted by molar-refractivity contribution is 4.81. The van der Waals surface area contributed by atoms with Crippen molar-refractivity contribution in [3.63, 3.8) is 0 Å². The number of hydrogen-bond acceptors (Lipinski definition) is 2. The maximum Gasteiger partial charge on any atom is -0.00368 e. The van der Waals surface area contributed by atoms with E-state index in [1.807, 2.05) is 0 Å². The Balaban J connectivity index is 3.13. The summed E-state index contributed by atoms with van der Waals surface area (Å²) in [7, 11) is 0. The van der Waals surface area contributed by atoms with Crippen LogP contribution in [-0.4, -0.2) is 13.1 Å². The SMILES string of the molecule is CCCCCCCCC=CCCCCCCCCC(CN)CN. The molecule has 0 bridgehead atoms. The van der Waals surface area contributed by atoms with Gasteiger partial charge in [0.25, 0.3) is 0 Å². The first-order valence-electron chi connectivity index (χ1n) is 10.4. The van der Waals surface area contributed by atoms with Gasteiger partial charge in [-0.3, -0.25) is 0 Å². The zero-order chi connectivity index (χ0) is 17.0. The van der Waals surface area contributed by atoms with Gasteiger partial charge in [-0.2, -0.15) is 0 Å². The fourth-order valence-electron chi connectivity index (χ4n) is 3.01. The first-order valence-corrected chi connectivity index (χ1v) is 10.4. The third-order valence-corrected chi connectivity index (χ3v) is 4.79. The van der Waals surface area contributed by atoms with Crippen molar-refractivity contribution in [2.75, 3.05) is 13.1 Å². The first-order chi connectivity index (χ1) is 11.3. The fourth-order valence-corrected chi connectivity index (χ4v) is 3.01. The molecule has 0 rings (SSSR count). The van der Waals surface area contributed by atoms with Crippen molar-refractivity contribution in [3.8, 4) is 0 Å². The van der Waals surface area contributed by atoms with E-state index < -0.39 is 0 Å². The van der Waals surface area contributed by atoms with Gasteiger partial charge in [0.05, 0.1) is 0 Å². The Hall–Kier alpha value is -0.340. The zero-order valence-electron chi connectivity index (χ0n) is 15.9. The third kappa shape index (κ3) is 17.8. The Morgan fingerprint density at radius 3 is 1.52 bits per heavy atom. The molecule has 138 valence electrons. The van der Waals surface area contributed by atoms with Crippen molar-refractivity contribution in [3.05, 3.63) is 12.2 Å². The van der Waals surface area contributed by atoms with Crippen LogP contribution < -0.4 is 11.5 Å². The van der Waals surface area contributed by atoms with E-state index in [4.69, 9.17) is 11.5 Å². The summed E-state index contributed by atoms with van der Waals surface area (Å²) in [5.74, 6) is 0.548. The van der Waals surface area contributed by atoms with E-state index in [1.54, 1.807) is 0 Å². The number of rotatable bonds is 18. The van der Waals surface area contributed by atoms with Crippen molar-refractivity contribution < 1.29 is 0 Å². The molecule has 23 heavy (non-hydrogen) atoms. The molecule has 0 aromatic heterocycles. The van der Waals surface area contributed by atoms with Crippen LogP contribution in [0.15, 0.2) is 12.2 Å². The molecule has 2 heteroatoms. The summed E-state index contributed by atoms with van der Waals surface area (Å²) in [6, 6.07) is 0. The van der Waals surface area contributed by atoms with Crippen LogP contribution >= 0.6 is 0 Å². The minimum atomic E-state index is 0.548. The molecule has 0 spiro atoms. The van der Waals surface area contributed by atoms with Crippen molar-refractivity contribution in [1.82, 2.24) is 0 Å². The molecule has 0 saturated heterocycles. The molecule has 0 amide bonds. The normalized spacial score (nSPS) is 11.8. The molecule has 0 aliphatic carbocycles. The standard InChI is InChI=1S/C21H44N2/c1-2-3-4-5-6-7-8-9-10-11-12-13-14-15-16-17-18-21(19-22)20-23/h9-10,21H,2-8,11-20,22-23H2,1H3. The van der Waals surface area contributed by atoms with Crippen molar-refractivity contribution in [2.45, 2.75) is 103 Å². The number of allylic oxidation sites excluding steroid dienone is 2. The van der Waals surface area contributed by atoms with Gasteiger partial charge in [0.15, 0.2) is 0 Å². The average molecular weight is 325 g/mol. The monoisotopic (exact) mass is 324 g/mol. The summed E-state index contributed by atoms with van der Waals surface area (Å²) in [6.07, 6.45) is 25.2. The van der Waals surface area contributed by atoms with Crippen molar-refractivity contribution in [1.29, 1.82) is 0 Å².